The number of ether oxygens (including phenoxy) is 1. The molecule has 0 spiro atoms. The Bertz CT molecular complexity index is 592. The van der Waals surface area contributed by atoms with Gasteiger partial charge < -0.3 is 4.74 Å². The molecular formula is C14H19ClFNO3S. The molecule has 1 atom stereocenters. The van der Waals surface area contributed by atoms with Crippen LogP contribution in [0.4, 0.5) is 4.39 Å². The molecule has 118 valence electrons. The summed E-state index contributed by atoms with van der Waals surface area (Å²) in [5.74, 6) is -0.605. The van der Waals surface area contributed by atoms with E-state index in [0.717, 1.165) is 12.5 Å². The van der Waals surface area contributed by atoms with Crippen LogP contribution in [0.25, 0.3) is 0 Å². The van der Waals surface area contributed by atoms with E-state index >= 15 is 0 Å². The third kappa shape index (κ3) is 3.74. The summed E-state index contributed by atoms with van der Waals surface area (Å²) in [6.45, 7) is 3.06. The van der Waals surface area contributed by atoms with Crippen molar-refractivity contribution in [1.82, 2.24) is 4.31 Å². The van der Waals surface area contributed by atoms with Crippen LogP contribution < -0.4 is 0 Å². The Hall–Kier alpha value is -0.690. The van der Waals surface area contributed by atoms with Crippen molar-refractivity contribution < 1.29 is 17.5 Å². The van der Waals surface area contributed by atoms with Gasteiger partial charge in [0.15, 0.2) is 0 Å². The molecule has 0 radical (unpaired) electrons. The Balaban J connectivity index is 2.29. The van der Waals surface area contributed by atoms with Crippen LogP contribution in [0, 0.1) is 5.82 Å². The molecule has 0 aromatic heterocycles. The zero-order valence-corrected chi connectivity index (χ0v) is 13.5. The van der Waals surface area contributed by atoms with E-state index in [9.17, 15) is 12.8 Å². The van der Waals surface area contributed by atoms with E-state index in [1.54, 1.807) is 0 Å². The quantitative estimate of drug-likeness (QED) is 0.777. The number of halogens is 2. The van der Waals surface area contributed by atoms with E-state index in [0.29, 0.717) is 25.1 Å². The van der Waals surface area contributed by atoms with Gasteiger partial charge in [0.1, 0.15) is 10.7 Å². The van der Waals surface area contributed by atoms with Crippen molar-refractivity contribution in [3.8, 4) is 0 Å². The Labute approximate surface area is 129 Å². The first kappa shape index (κ1) is 16.7. The summed E-state index contributed by atoms with van der Waals surface area (Å²) in [7, 11) is -3.86. The number of benzene rings is 1. The highest BCUT2D eigenvalue weighted by atomic mass is 35.5. The van der Waals surface area contributed by atoms with Gasteiger partial charge >= 0.3 is 0 Å². The largest absolute Gasteiger partial charge is 0.377 e. The molecule has 1 aromatic rings. The van der Waals surface area contributed by atoms with Crippen LogP contribution in [0.1, 0.15) is 25.3 Å². The fourth-order valence-electron chi connectivity index (χ4n) is 2.46. The second kappa shape index (κ2) is 7.05. The van der Waals surface area contributed by atoms with Crippen molar-refractivity contribution in [2.75, 3.05) is 19.7 Å². The van der Waals surface area contributed by atoms with Crippen LogP contribution in [-0.4, -0.2) is 38.5 Å². The number of hydrogen-bond acceptors (Lipinski definition) is 3. The molecule has 1 fully saturated rings. The Morgan fingerprint density at radius 2 is 2.24 bits per heavy atom. The van der Waals surface area contributed by atoms with E-state index in [4.69, 9.17) is 16.3 Å². The molecule has 0 amide bonds. The van der Waals surface area contributed by atoms with E-state index in [1.807, 2.05) is 6.92 Å². The van der Waals surface area contributed by atoms with Crippen molar-refractivity contribution in [3.63, 3.8) is 0 Å². The molecule has 1 aliphatic rings. The van der Waals surface area contributed by atoms with E-state index in [2.05, 4.69) is 0 Å². The van der Waals surface area contributed by atoms with Gasteiger partial charge in [-0.3, -0.25) is 0 Å². The number of nitrogens with zero attached hydrogens (tertiary/aromatic N) is 1. The number of sulfonamides is 1. The maximum atomic E-state index is 13.9. The number of alkyl halides is 1. The van der Waals surface area contributed by atoms with Gasteiger partial charge in [-0.1, -0.05) is 6.07 Å². The van der Waals surface area contributed by atoms with Crippen molar-refractivity contribution in [2.24, 2.45) is 0 Å². The van der Waals surface area contributed by atoms with Gasteiger partial charge in [-0.2, -0.15) is 4.31 Å². The Morgan fingerprint density at radius 1 is 1.48 bits per heavy atom. The van der Waals surface area contributed by atoms with Crippen molar-refractivity contribution >= 4 is 21.6 Å². The van der Waals surface area contributed by atoms with Gasteiger partial charge in [0, 0.05) is 25.6 Å². The molecule has 7 heteroatoms. The molecule has 0 N–H and O–H groups in total. The first-order valence-corrected chi connectivity index (χ1v) is 8.92. The van der Waals surface area contributed by atoms with Gasteiger partial charge in [-0.05, 0) is 37.5 Å². The summed E-state index contributed by atoms with van der Waals surface area (Å²) in [6.07, 6.45) is 1.41. The predicted molar refractivity (Wildman–Crippen MR) is 79.4 cm³/mol. The zero-order valence-electron chi connectivity index (χ0n) is 11.9. The van der Waals surface area contributed by atoms with Crippen LogP contribution in [0.5, 0.6) is 0 Å². The highest BCUT2D eigenvalue weighted by molar-refractivity contribution is 7.89. The zero-order chi connectivity index (χ0) is 15.5. The van der Waals surface area contributed by atoms with Crippen molar-refractivity contribution in [3.05, 3.63) is 29.6 Å². The molecule has 21 heavy (non-hydrogen) atoms. The molecule has 2 rings (SSSR count). The summed E-state index contributed by atoms with van der Waals surface area (Å²) in [5.41, 5.74) is 0.579. The lowest BCUT2D eigenvalue weighted by atomic mass is 10.1. The lowest BCUT2D eigenvalue weighted by Gasteiger charge is -2.31. The third-order valence-corrected chi connectivity index (χ3v) is 5.70. The normalized spacial score (nSPS) is 20.6. The summed E-state index contributed by atoms with van der Waals surface area (Å²) < 4.78 is 45.9. The lowest BCUT2D eigenvalue weighted by molar-refractivity contribution is 0.0264. The maximum Gasteiger partial charge on any atom is 0.246 e. The lowest BCUT2D eigenvalue weighted by Crippen LogP contribution is -2.43. The predicted octanol–water partition coefficient (Wildman–Crippen LogP) is 2.75. The minimum Gasteiger partial charge on any atom is -0.377 e. The second-order valence-corrected chi connectivity index (χ2v) is 7.15. The Morgan fingerprint density at radius 3 is 2.90 bits per heavy atom. The molecule has 0 aliphatic carbocycles. The van der Waals surface area contributed by atoms with Crippen LogP contribution in [0.2, 0.25) is 0 Å². The first-order chi connectivity index (χ1) is 9.98. The van der Waals surface area contributed by atoms with Crippen molar-refractivity contribution in [2.45, 2.75) is 36.6 Å². The van der Waals surface area contributed by atoms with Gasteiger partial charge in [-0.15, -0.1) is 11.6 Å². The van der Waals surface area contributed by atoms with Crippen molar-refractivity contribution in [1.29, 1.82) is 0 Å². The maximum absolute atomic E-state index is 13.9. The molecule has 1 aliphatic heterocycles. The summed E-state index contributed by atoms with van der Waals surface area (Å²) in [6, 6.07) is 3.94. The molecule has 4 nitrogen and oxygen atoms in total. The average molecular weight is 336 g/mol. The summed E-state index contributed by atoms with van der Waals surface area (Å²) in [4.78, 5) is -0.308. The third-order valence-electron chi connectivity index (χ3n) is 3.51. The highest BCUT2D eigenvalue weighted by Gasteiger charge is 2.32. The fraction of sp³-hybridized carbons (Fsp3) is 0.571. The fourth-order valence-corrected chi connectivity index (χ4v) is 4.25. The molecule has 1 saturated heterocycles. The monoisotopic (exact) mass is 335 g/mol. The van der Waals surface area contributed by atoms with Gasteiger partial charge in [0.05, 0.1) is 6.10 Å². The smallest absolute Gasteiger partial charge is 0.246 e. The van der Waals surface area contributed by atoms with E-state index < -0.39 is 15.8 Å². The minimum absolute atomic E-state index is 0.127. The number of piperidine rings is 1. The van der Waals surface area contributed by atoms with E-state index in [1.165, 1.54) is 16.4 Å². The van der Waals surface area contributed by atoms with Crippen LogP contribution in [0.15, 0.2) is 23.1 Å². The molecule has 0 bridgehead atoms. The van der Waals surface area contributed by atoms with Crippen LogP contribution >= 0.6 is 11.6 Å². The topological polar surface area (TPSA) is 46.6 Å². The standard InChI is InChI=1S/C14H19ClFNO3S/c1-2-20-12-4-3-7-17(10-12)21(18,19)14-8-11(9-15)5-6-13(14)16/h5-6,8,12H,2-4,7,9-10H2,1H3. The molecule has 1 unspecified atom stereocenters. The average Bonchev–Trinajstić information content (AvgIpc) is 2.48. The van der Waals surface area contributed by atoms with Crippen LogP contribution in [-0.2, 0) is 20.6 Å². The SMILES string of the molecule is CCOC1CCCN(S(=O)(=O)c2cc(CCl)ccc2F)C1. The second-order valence-electron chi connectivity index (χ2n) is 4.98. The number of rotatable bonds is 5. The van der Waals surface area contributed by atoms with Gasteiger partial charge in [-0.25, -0.2) is 12.8 Å². The highest BCUT2D eigenvalue weighted by Crippen LogP contribution is 2.25. The minimum atomic E-state index is -3.86. The van der Waals surface area contributed by atoms with E-state index in [-0.39, 0.29) is 23.4 Å². The molecular weight excluding hydrogens is 317 g/mol. The van der Waals surface area contributed by atoms with Gasteiger partial charge in [0.25, 0.3) is 0 Å². The van der Waals surface area contributed by atoms with Crippen LogP contribution in [0.3, 0.4) is 0 Å². The molecule has 0 saturated carbocycles. The summed E-state index contributed by atoms with van der Waals surface area (Å²) in [5, 5.41) is 0. The van der Waals surface area contributed by atoms with Gasteiger partial charge in [0.2, 0.25) is 10.0 Å². The number of hydrogen-bond donors (Lipinski definition) is 0. The first-order valence-electron chi connectivity index (χ1n) is 6.95. The molecule has 1 aromatic carbocycles. The summed E-state index contributed by atoms with van der Waals surface area (Å²) >= 11 is 5.70. The molecule has 1 heterocycles. The Kier molecular flexibility index (Phi) is 5.60.